The average Bonchev–Trinajstić information content (AvgIpc) is 2.59. The molecule has 3 nitrogen and oxygen atoms in total. The van der Waals surface area contributed by atoms with E-state index in [1.807, 2.05) is 24.3 Å². The van der Waals surface area contributed by atoms with E-state index >= 15 is 0 Å². The van der Waals surface area contributed by atoms with Crippen LogP contribution in [0, 0.1) is 0 Å². The molecule has 4 heteroatoms. The molecule has 2 aromatic rings. The van der Waals surface area contributed by atoms with Crippen LogP contribution in [0.2, 0.25) is 0 Å². The number of alkyl halides is 1. The highest BCUT2D eigenvalue weighted by Crippen LogP contribution is 2.20. The molecule has 0 fully saturated rings. The van der Waals surface area contributed by atoms with Crippen molar-refractivity contribution in [2.45, 2.75) is 19.6 Å². The van der Waals surface area contributed by atoms with Gasteiger partial charge in [-0.15, -0.1) is 0 Å². The van der Waals surface area contributed by atoms with E-state index in [0.717, 1.165) is 25.3 Å². The summed E-state index contributed by atoms with van der Waals surface area (Å²) in [6.45, 7) is 1.93. The number of halogens is 1. The molecular formula is C18H20FNO2. The van der Waals surface area contributed by atoms with Crippen molar-refractivity contribution in [3.05, 3.63) is 59.2 Å². The van der Waals surface area contributed by atoms with Crippen LogP contribution in [0.5, 0.6) is 5.75 Å². The van der Waals surface area contributed by atoms with E-state index < -0.39 is 6.67 Å². The van der Waals surface area contributed by atoms with Gasteiger partial charge in [0.05, 0.1) is 13.2 Å². The van der Waals surface area contributed by atoms with Crippen LogP contribution in [-0.2, 0) is 24.3 Å². The molecule has 0 spiro atoms. The number of rotatable bonds is 6. The Morgan fingerprint density at radius 2 is 1.95 bits per heavy atom. The van der Waals surface area contributed by atoms with Crippen molar-refractivity contribution in [3.8, 4) is 5.75 Å². The predicted molar refractivity (Wildman–Crippen MR) is 85.0 cm³/mol. The number of benzene rings is 2. The van der Waals surface area contributed by atoms with Gasteiger partial charge in [-0.2, -0.15) is 0 Å². The van der Waals surface area contributed by atoms with Gasteiger partial charge in [0.15, 0.2) is 0 Å². The minimum absolute atomic E-state index is 0.101. The summed E-state index contributed by atoms with van der Waals surface area (Å²) in [6.07, 6.45) is 1.00. The largest absolute Gasteiger partial charge is 0.491 e. The molecule has 1 heterocycles. The third-order valence-electron chi connectivity index (χ3n) is 3.74. The van der Waals surface area contributed by atoms with E-state index in [1.54, 1.807) is 0 Å². The van der Waals surface area contributed by atoms with Gasteiger partial charge in [0, 0.05) is 12.2 Å². The molecule has 116 valence electrons. The highest BCUT2D eigenvalue weighted by Gasteiger charge is 2.09. The van der Waals surface area contributed by atoms with Crippen molar-refractivity contribution in [1.29, 1.82) is 0 Å². The smallest absolute Gasteiger partial charge is 0.123 e. The van der Waals surface area contributed by atoms with Gasteiger partial charge in [0.1, 0.15) is 19.0 Å². The molecule has 0 saturated heterocycles. The first kappa shape index (κ1) is 14.9. The molecule has 0 bridgehead atoms. The van der Waals surface area contributed by atoms with Gasteiger partial charge < -0.3 is 14.8 Å². The topological polar surface area (TPSA) is 30.5 Å². The van der Waals surface area contributed by atoms with Crippen LogP contribution in [0.25, 0.3) is 0 Å². The van der Waals surface area contributed by atoms with Crippen molar-refractivity contribution in [2.24, 2.45) is 0 Å². The lowest BCUT2D eigenvalue weighted by Gasteiger charge is -2.17. The molecule has 0 aromatic heterocycles. The van der Waals surface area contributed by atoms with Crippen LogP contribution < -0.4 is 10.1 Å². The normalized spacial score (nSPS) is 13.5. The Morgan fingerprint density at radius 1 is 1.09 bits per heavy atom. The second-order valence-corrected chi connectivity index (χ2v) is 5.32. The van der Waals surface area contributed by atoms with E-state index in [4.69, 9.17) is 9.47 Å². The summed E-state index contributed by atoms with van der Waals surface area (Å²) in [5.74, 6) is 0.689. The van der Waals surface area contributed by atoms with E-state index in [0.29, 0.717) is 12.4 Å². The first-order valence-corrected chi connectivity index (χ1v) is 7.56. The average molecular weight is 301 g/mol. The number of hydrogen-bond acceptors (Lipinski definition) is 3. The SMILES string of the molecule is FCCOc1ccc(NCc2ccc3c(c2)COCC3)cc1. The maximum absolute atomic E-state index is 12.0. The molecule has 0 aliphatic carbocycles. The van der Waals surface area contributed by atoms with Gasteiger partial charge in [0.25, 0.3) is 0 Å². The lowest BCUT2D eigenvalue weighted by atomic mass is 10.0. The fourth-order valence-corrected chi connectivity index (χ4v) is 2.56. The summed E-state index contributed by atoms with van der Waals surface area (Å²) in [5, 5.41) is 3.38. The minimum atomic E-state index is -0.470. The van der Waals surface area contributed by atoms with E-state index in [9.17, 15) is 4.39 Å². The third kappa shape index (κ3) is 3.77. The molecule has 1 aliphatic rings. The van der Waals surface area contributed by atoms with Gasteiger partial charge in [-0.05, 0) is 47.4 Å². The van der Waals surface area contributed by atoms with Gasteiger partial charge in [-0.25, -0.2) is 4.39 Å². The Kier molecular flexibility index (Phi) is 4.91. The molecule has 1 aliphatic heterocycles. The van der Waals surface area contributed by atoms with Crippen LogP contribution >= 0.6 is 0 Å². The standard InChI is InChI=1S/C18H20FNO2/c19-8-10-22-18-5-3-17(4-6-18)20-12-14-1-2-15-7-9-21-13-16(15)11-14/h1-6,11,20H,7-10,12-13H2. The van der Waals surface area contributed by atoms with Crippen LogP contribution in [0.1, 0.15) is 16.7 Å². The second kappa shape index (κ2) is 7.27. The Balaban J connectivity index is 1.58. The zero-order valence-electron chi connectivity index (χ0n) is 12.5. The minimum Gasteiger partial charge on any atom is -0.491 e. The molecule has 0 radical (unpaired) electrons. The van der Waals surface area contributed by atoms with Crippen LogP contribution in [0.15, 0.2) is 42.5 Å². The number of nitrogens with one attached hydrogen (secondary N) is 1. The number of anilines is 1. The van der Waals surface area contributed by atoms with Crippen molar-refractivity contribution < 1.29 is 13.9 Å². The van der Waals surface area contributed by atoms with E-state index in [1.165, 1.54) is 16.7 Å². The summed E-state index contributed by atoms with van der Waals surface area (Å²) in [6, 6.07) is 14.1. The number of fused-ring (bicyclic) bond motifs is 1. The third-order valence-corrected chi connectivity index (χ3v) is 3.74. The summed E-state index contributed by atoms with van der Waals surface area (Å²) < 4.78 is 22.8. The van der Waals surface area contributed by atoms with E-state index in [-0.39, 0.29) is 6.61 Å². The molecule has 0 atom stereocenters. The maximum atomic E-state index is 12.0. The van der Waals surface area contributed by atoms with Crippen molar-refractivity contribution in [2.75, 3.05) is 25.2 Å². The van der Waals surface area contributed by atoms with Crippen LogP contribution in [0.4, 0.5) is 10.1 Å². The summed E-state index contributed by atoms with van der Waals surface area (Å²) >= 11 is 0. The maximum Gasteiger partial charge on any atom is 0.123 e. The van der Waals surface area contributed by atoms with Gasteiger partial charge in [0.2, 0.25) is 0 Å². The molecule has 0 amide bonds. The Morgan fingerprint density at radius 3 is 2.77 bits per heavy atom. The van der Waals surface area contributed by atoms with Gasteiger partial charge in [-0.3, -0.25) is 0 Å². The lowest BCUT2D eigenvalue weighted by molar-refractivity contribution is 0.110. The van der Waals surface area contributed by atoms with Gasteiger partial charge >= 0.3 is 0 Å². The summed E-state index contributed by atoms with van der Waals surface area (Å²) in [5.41, 5.74) is 4.94. The predicted octanol–water partition coefficient (Wildman–Crippen LogP) is 3.72. The monoisotopic (exact) mass is 301 g/mol. The first-order valence-electron chi connectivity index (χ1n) is 7.56. The van der Waals surface area contributed by atoms with Gasteiger partial charge in [-0.1, -0.05) is 18.2 Å². The number of hydrogen-bond donors (Lipinski definition) is 1. The fraction of sp³-hybridized carbons (Fsp3) is 0.333. The van der Waals surface area contributed by atoms with Crippen molar-refractivity contribution >= 4 is 5.69 Å². The quantitative estimate of drug-likeness (QED) is 0.882. The van der Waals surface area contributed by atoms with Crippen LogP contribution in [0.3, 0.4) is 0 Å². The highest BCUT2D eigenvalue weighted by atomic mass is 19.1. The van der Waals surface area contributed by atoms with Crippen LogP contribution in [-0.4, -0.2) is 19.9 Å². The molecule has 0 unspecified atom stereocenters. The zero-order valence-corrected chi connectivity index (χ0v) is 12.5. The second-order valence-electron chi connectivity index (χ2n) is 5.32. The molecule has 0 saturated carbocycles. The summed E-state index contributed by atoms with van der Waals surface area (Å²) in [7, 11) is 0. The molecule has 1 N–H and O–H groups in total. The van der Waals surface area contributed by atoms with Crippen molar-refractivity contribution in [1.82, 2.24) is 0 Å². The highest BCUT2D eigenvalue weighted by molar-refractivity contribution is 5.47. The Hall–Kier alpha value is -2.07. The first-order chi connectivity index (χ1) is 10.8. The molecule has 3 rings (SSSR count). The molecule has 22 heavy (non-hydrogen) atoms. The van der Waals surface area contributed by atoms with E-state index in [2.05, 4.69) is 23.5 Å². The summed E-state index contributed by atoms with van der Waals surface area (Å²) in [4.78, 5) is 0. The Bertz CT molecular complexity index is 613. The zero-order chi connectivity index (χ0) is 15.2. The lowest BCUT2D eigenvalue weighted by Crippen LogP contribution is -2.10. The van der Waals surface area contributed by atoms with Crippen molar-refractivity contribution in [3.63, 3.8) is 0 Å². The number of ether oxygens (including phenoxy) is 2. The molecule has 2 aromatic carbocycles. The Labute approximate surface area is 130 Å². The molecular weight excluding hydrogens is 281 g/mol. The fourth-order valence-electron chi connectivity index (χ4n) is 2.56.